The van der Waals surface area contributed by atoms with Crippen LogP contribution in [-0.2, 0) is 5.41 Å². The summed E-state index contributed by atoms with van der Waals surface area (Å²) in [5.41, 5.74) is 1.97. The van der Waals surface area contributed by atoms with E-state index >= 15 is 0 Å². The molecule has 0 fully saturated rings. The van der Waals surface area contributed by atoms with Crippen molar-refractivity contribution in [1.82, 2.24) is 0 Å². The van der Waals surface area contributed by atoms with E-state index in [2.05, 4.69) is 24.3 Å². The first-order chi connectivity index (χ1) is 9.33. The summed E-state index contributed by atoms with van der Waals surface area (Å²) in [7, 11) is 0. The highest BCUT2D eigenvalue weighted by Crippen LogP contribution is 2.38. The van der Waals surface area contributed by atoms with Gasteiger partial charge in [-0.2, -0.15) is 0 Å². The van der Waals surface area contributed by atoms with Crippen LogP contribution in [0.5, 0.6) is 0 Å². The Morgan fingerprint density at radius 3 is 1.32 bits per heavy atom. The largest absolute Gasteiger partial charge is 0.396 e. The first-order valence-electron chi connectivity index (χ1n) is 6.66. The molecule has 2 aromatic rings. The lowest BCUT2D eigenvalue weighted by Crippen LogP contribution is -2.30. The van der Waals surface area contributed by atoms with Gasteiger partial charge < -0.3 is 10.2 Å². The Morgan fingerprint density at radius 2 is 1.00 bits per heavy atom. The van der Waals surface area contributed by atoms with Gasteiger partial charge >= 0.3 is 0 Å². The minimum Gasteiger partial charge on any atom is -0.396 e. The maximum absolute atomic E-state index is 9.47. The highest BCUT2D eigenvalue weighted by Gasteiger charge is 2.32. The maximum Gasteiger partial charge on any atom is 0.0442 e. The molecule has 0 aliphatic heterocycles. The summed E-state index contributed by atoms with van der Waals surface area (Å²) < 4.78 is 0. The Kier molecular flexibility index (Phi) is 4.72. The van der Waals surface area contributed by atoms with E-state index < -0.39 is 0 Å². The molecule has 0 aromatic heterocycles. The molecule has 19 heavy (non-hydrogen) atoms. The summed E-state index contributed by atoms with van der Waals surface area (Å²) >= 11 is 0. The van der Waals surface area contributed by atoms with Crippen LogP contribution in [0.15, 0.2) is 60.7 Å². The van der Waals surface area contributed by atoms with Crippen molar-refractivity contribution in [1.29, 1.82) is 0 Å². The van der Waals surface area contributed by atoms with E-state index in [1.165, 1.54) is 0 Å². The molecule has 100 valence electrons. The van der Waals surface area contributed by atoms with Gasteiger partial charge in [-0.15, -0.1) is 0 Å². The molecule has 2 aromatic carbocycles. The molecule has 0 spiro atoms. The number of rotatable bonds is 6. The predicted octanol–water partition coefficient (Wildman–Crippen LogP) is 2.74. The van der Waals surface area contributed by atoms with E-state index in [4.69, 9.17) is 0 Å². The van der Waals surface area contributed by atoms with Crippen LogP contribution < -0.4 is 0 Å². The standard InChI is InChI=1S/C17H20O2/c18-13-11-17(12-14-19,15-7-3-1-4-8-15)16-9-5-2-6-10-16/h1-10,18-19H,11-14H2. The van der Waals surface area contributed by atoms with Gasteiger partial charge in [0.1, 0.15) is 0 Å². The van der Waals surface area contributed by atoms with E-state index in [1.54, 1.807) is 0 Å². The molecule has 2 nitrogen and oxygen atoms in total. The molecule has 0 heterocycles. The van der Waals surface area contributed by atoms with Gasteiger partial charge in [-0.1, -0.05) is 60.7 Å². The van der Waals surface area contributed by atoms with Crippen LogP contribution in [0, 0.1) is 0 Å². The zero-order valence-corrected chi connectivity index (χ0v) is 11.0. The summed E-state index contributed by atoms with van der Waals surface area (Å²) in [6.07, 6.45) is 1.23. The molecule has 2 rings (SSSR count). The van der Waals surface area contributed by atoms with Crippen LogP contribution in [0.4, 0.5) is 0 Å². The molecular formula is C17H20O2. The monoisotopic (exact) mass is 256 g/mol. The molecular weight excluding hydrogens is 236 g/mol. The molecule has 0 bridgehead atoms. The fourth-order valence-corrected chi connectivity index (χ4v) is 2.77. The Bertz CT molecular complexity index is 432. The van der Waals surface area contributed by atoms with E-state index in [9.17, 15) is 10.2 Å². The highest BCUT2D eigenvalue weighted by molar-refractivity contribution is 5.39. The van der Waals surface area contributed by atoms with Crippen molar-refractivity contribution in [3.8, 4) is 0 Å². The van der Waals surface area contributed by atoms with Crippen LogP contribution in [0.2, 0.25) is 0 Å². The first-order valence-corrected chi connectivity index (χ1v) is 6.66. The Balaban J connectivity index is 2.54. The molecule has 0 amide bonds. The summed E-state index contributed by atoms with van der Waals surface area (Å²) in [5.74, 6) is 0. The van der Waals surface area contributed by atoms with Gasteiger partial charge in [0.05, 0.1) is 0 Å². The molecule has 2 heteroatoms. The minimum atomic E-state index is -0.313. The summed E-state index contributed by atoms with van der Waals surface area (Å²) in [6, 6.07) is 20.2. The number of aliphatic hydroxyl groups excluding tert-OH is 2. The molecule has 0 radical (unpaired) electrons. The van der Waals surface area contributed by atoms with Crippen LogP contribution >= 0.6 is 0 Å². The van der Waals surface area contributed by atoms with Crippen LogP contribution in [0.1, 0.15) is 24.0 Å². The number of aliphatic hydroxyl groups is 2. The number of benzene rings is 2. The van der Waals surface area contributed by atoms with Crippen molar-refractivity contribution in [3.05, 3.63) is 71.8 Å². The number of hydrogen-bond donors (Lipinski definition) is 2. The molecule has 0 saturated heterocycles. The van der Waals surface area contributed by atoms with Gasteiger partial charge in [-0.25, -0.2) is 0 Å². The van der Waals surface area contributed by atoms with Gasteiger partial charge in [0.15, 0.2) is 0 Å². The van der Waals surface area contributed by atoms with Gasteiger partial charge in [0, 0.05) is 18.6 Å². The van der Waals surface area contributed by atoms with Crippen LogP contribution in [-0.4, -0.2) is 23.4 Å². The smallest absolute Gasteiger partial charge is 0.0442 e. The second kappa shape index (κ2) is 6.50. The van der Waals surface area contributed by atoms with Gasteiger partial charge in [-0.05, 0) is 24.0 Å². The van der Waals surface area contributed by atoms with Gasteiger partial charge in [0.2, 0.25) is 0 Å². The van der Waals surface area contributed by atoms with Crippen LogP contribution in [0.3, 0.4) is 0 Å². The fraction of sp³-hybridized carbons (Fsp3) is 0.294. The molecule has 0 aliphatic carbocycles. The predicted molar refractivity (Wildman–Crippen MR) is 77.1 cm³/mol. The first kappa shape index (κ1) is 13.8. The molecule has 2 N–H and O–H groups in total. The normalized spacial score (nSPS) is 11.5. The summed E-state index contributed by atoms with van der Waals surface area (Å²) in [5, 5.41) is 18.9. The third-order valence-electron chi connectivity index (χ3n) is 3.73. The molecule has 0 aliphatic rings. The van der Waals surface area contributed by atoms with Crippen molar-refractivity contribution in [2.24, 2.45) is 0 Å². The van der Waals surface area contributed by atoms with E-state index in [0.29, 0.717) is 12.8 Å². The molecule has 0 unspecified atom stereocenters. The average molecular weight is 256 g/mol. The quantitative estimate of drug-likeness (QED) is 0.834. The average Bonchev–Trinajstić information content (AvgIpc) is 2.49. The summed E-state index contributed by atoms with van der Waals surface area (Å²) in [4.78, 5) is 0. The third-order valence-corrected chi connectivity index (χ3v) is 3.73. The number of hydrogen-bond acceptors (Lipinski definition) is 2. The fourth-order valence-electron chi connectivity index (χ4n) is 2.77. The van der Waals surface area contributed by atoms with E-state index in [1.807, 2.05) is 36.4 Å². The van der Waals surface area contributed by atoms with Gasteiger partial charge in [-0.3, -0.25) is 0 Å². The highest BCUT2D eigenvalue weighted by atomic mass is 16.3. The Hall–Kier alpha value is -1.64. The topological polar surface area (TPSA) is 40.5 Å². The minimum absolute atomic E-state index is 0.101. The van der Waals surface area contributed by atoms with Crippen molar-refractivity contribution < 1.29 is 10.2 Å². The molecule has 0 atom stereocenters. The van der Waals surface area contributed by atoms with Crippen molar-refractivity contribution >= 4 is 0 Å². The van der Waals surface area contributed by atoms with Crippen LogP contribution in [0.25, 0.3) is 0 Å². The second-order valence-electron chi connectivity index (χ2n) is 4.76. The van der Waals surface area contributed by atoms with E-state index in [-0.39, 0.29) is 18.6 Å². The zero-order chi connectivity index (χ0) is 13.6. The van der Waals surface area contributed by atoms with Crippen molar-refractivity contribution in [2.75, 3.05) is 13.2 Å². The van der Waals surface area contributed by atoms with Crippen molar-refractivity contribution in [2.45, 2.75) is 18.3 Å². The lowest BCUT2D eigenvalue weighted by Gasteiger charge is -2.34. The van der Waals surface area contributed by atoms with Gasteiger partial charge in [0.25, 0.3) is 0 Å². The Morgan fingerprint density at radius 1 is 0.632 bits per heavy atom. The second-order valence-corrected chi connectivity index (χ2v) is 4.76. The third kappa shape index (κ3) is 2.86. The summed E-state index contributed by atoms with van der Waals surface area (Å²) in [6.45, 7) is 0.202. The SMILES string of the molecule is OCCC(CCO)(c1ccccc1)c1ccccc1. The zero-order valence-electron chi connectivity index (χ0n) is 11.0. The molecule has 0 saturated carbocycles. The Labute approximate surface area is 114 Å². The van der Waals surface area contributed by atoms with Crippen molar-refractivity contribution in [3.63, 3.8) is 0 Å². The lowest BCUT2D eigenvalue weighted by atomic mass is 9.70. The lowest BCUT2D eigenvalue weighted by molar-refractivity contribution is 0.210. The maximum atomic E-state index is 9.47. The van der Waals surface area contributed by atoms with E-state index in [0.717, 1.165) is 11.1 Å².